The topological polar surface area (TPSA) is 55.2 Å². The van der Waals surface area contributed by atoms with Gasteiger partial charge < -0.3 is 9.15 Å². The number of rotatable bonds is 3. The Bertz CT molecular complexity index is 541. The summed E-state index contributed by atoms with van der Waals surface area (Å²) < 4.78 is 11.4. The molecule has 0 spiro atoms. The number of ether oxygens (including phenoxy) is 1. The summed E-state index contributed by atoms with van der Waals surface area (Å²) in [5.41, 5.74) is 0. The number of carbonyl (C=O) groups excluding carboxylic acids is 1. The van der Waals surface area contributed by atoms with Crippen molar-refractivity contribution in [2.45, 2.75) is 38.3 Å². The smallest absolute Gasteiger partial charge is 0.249 e. The van der Waals surface area contributed by atoms with E-state index in [4.69, 9.17) is 14.0 Å². The molecule has 24 heavy (non-hydrogen) atoms. The molecule has 0 radical (unpaired) electrons. The SMILES string of the molecule is O=C([C@@H]1CCO[C@@H]2CCN(Cc3ccco3)C[C@H]21)N1CCCCO1. The zero-order valence-corrected chi connectivity index (χ0v) is 14.1. The number of fused-ring (bicyclic) bond motifs is 1. The number of hydrogen-bond donors (Lipinski definition) is 0. The number of likely N-dealkylation sites (tertiary alicyclic amines) is 1. The monoisotopic (exact) mass is 334 g/mol. The van der Waals surface area contributed by atoms with Crippen LogP contribution >= 0.6 is 0 Å². The van der Waals surface area contributed by atoms with E-state index in [2.05, 4.69) is 4.90 Å². The number of hydroxylamine groups is 2. The lowest BCUT2D eigenvalue weighted by atomic mass is 9.79. The third-order valence-corrected chi connectivity index (χ3v) is 5.48. The number of nitrogens with zero attached hydrogens (tertiary/aromatic N) is 2. The molecule has 0 unspecified atom stereocenters. The fraction of sp³-hybridized carbons (Fsp3) is 0.722. The van der Waals surface area contributed by atoms with Crippen LogP contribution in [0.15, 0.2) is 22.8 Å². The van der Waals surface area contributed by atoms with Crippen LogP contribution in [-0.2, 0) is 20.9 Å². The highest BCUT2D eigenvalue weighted by atomic mass is 16.7. The van der Waals surface area contributed by atoms with Crippen LogP contribution in [0.1, 0.15) is 31.4 Å². The molecule has 4 rings (SSSR count). The predicted molar refractivity (Wildman–Crippen MR) is 86.8 cm³/mol. The van der Waals surface area contributed by atoms with Gasteiger partial charge in [-0.15, -0.1) is 0 Å². The molecule has 0 saturated carbocycles. The molecular formula is C18H26N2O4. The standard InChI is InChI=1S/C18H26N2O4/c21-18(20-7-1-2-10-24-20)15-6-11-23-17-5-8-19(13-16(15)17)12-14-4-3-9-22-14/h3-4,9,15-17H,1-2,5-8,10-13H2/t15-,16+,17-/m1/s1. The summed E-state index contributed by atoms with van der Waals surface area (Å²) in [6, 6.07) is 3.93. The van der Waals surface area contributed by atoms with Crippen molar-refractivity contribution >= 4 is 5.91 Å². The Morgan fingerprint density at radius 1 is 1.21 bits per heavy atom. The number of hydrogen-bond acceptors (Lipinski definition) is 5. The van der Waals surface area contributed by atoms with Crippen LogP contribution < -0.4 is 0 Å². The molecule has 132 valence electrons. The van der Waals surface area contributed by atoms with E-state index < -0.39 is 0 Å². The molecule has 3 saturated heterocycles. The van der Waals surface area contributed by atoms with E-state index in [0.717, 1.165) is 57.6 Å². The summed E-state index contributed by atoms with van der Waals surface area (Å²) in [5.74, 6) is 1.40. The Morgan fingerprint density at radius 2 is 2.17 bits per heavy atom. The van der Waals surface area contributed by atoms with Gasteiger partial charge in [-0.3, -0.25) is 14.5 Å². The van der Waals surface area contributed by atoms with Crippen molar-refractivity contribution in [3.63, 3.8) is 0 Å². The van der Waals surface area contributed by atoms with E-state index in [1.54, 1.807) is 11.3 Å². The van der Waals surface area contributed by atoms with Gasteiger partial charge in [-0.05, 0) is 37.8 Å². The molecule has 6 nitrogen and oxygen atoms in total. The van der Waals surface area contributed by atoms with Crippen LogP contribution in [0.25, 0.3) is 0 Å². The van der Waals surface area contributed by atoms with Gasteiger partial charge in [0.15, 0.2) is 0 Å². The van der Waals surface area contributed by atoms with Crippen molar-refractivity contribution in [1.82, 2.24) is 9.96 Å². The molecule has 3 aliphatic rings. The van der Waals surface area contributed by atoms with Gasteiger partial charge in [-0.2, -0.15) is 0 Å². The first-order valence-electron chi connectivity index (χ1n) is 9.12. The molecule has 1 aromatic rings. The third kappa shape index (κ3) is 3.36. The van der Waals surface area contributed by atoms with E-state index in [-0.39, 0.29) is 23.8 Å². The molecule has 4 heterocycles. The maximum Gasteiger partial charge on any atom is 0.249 e. The van der Waals surface area contributed by atoms with Crippen LogP contribution in [0, 0.1) is 11.8 Å². The van der Waals surface area contributed by atoms with Crippen LogP contribution in [-0.4, -0.2) is 54.8 Å². The molecule has 1 amide bonds. The van der Waals surface area contributed by atoms with Crippen LogP contribution in [0.3, 0.4) is 0 Å². The zero-order chi connectivity index (χ0) is 16.4. The second kappa shape index (κ2) is 7.25. The van der Waals surface area contributed by atoms with Gasteiger partial charge in [-0.1, -0.05) is 0 Å². The van der Waals surface area contributed by atoms with Gasteiger partial charge in [0.25, 0.3) is 0 Å². The number of furan rings is 1. The van der Waals surface area contributed by atoms with Crippen LogP contribution in [0.2, 0.25) is 0 Å². The summed E-state index contributed by atoms with van der Waals surface area (Å²) in [7, 11) is 0. The lowest BCUT2D eigenvalue weighted by molar-refractivity contribution is -0.210. The quantitative estimate of drug-likeness (QED) is 0.847. The molecule has 0 bridgehead atoms. The zero-order valence-electron chi connectivity index (χ0n) is 14.1. The fourth-order valence-electron chi connectivity index (χ4n) is 4.21. The fourth-order valence-corrected chi connectivity index (χ4v) is 4.21. The summed E-state index contributed by atoms with van der Waals surface area (Å²) in [6.45, 7) is 4.75. The first-order chi connectivity index (χ1) is 11.8. The molecule has 0 N–H and O–H groups in total. The Morgan fingerprint density at radius 3 is 2.96 bits per heavy atom. The maximum atomic E-state index is 12.9. The predicted octanol–water partition coefficient (Wildman–Crippen LogP) is 2.06. The average Bonchev–Trinajstić information content (AvgIpc) is 3.14. The van der Waals surface area contributed by atoms with Crippen LogP contribution in [0.5, 0.6) is 0 Å². The van der Waals surface area contributed by atoms with Crippen molar-refractivity contribution in [3.8, 4) is 0 Å². The molecule has 6 heteroatoms. The second-order valence-corrected chi connectivity index (χ2v) is 7.05. The van der Waals surface area contributed by atoms with E-state index >= 15 is 0 Å². The van der Waals surface area contributed by atoms with Crippen molar-refractivity contribution in [2.75, 3.05) is 32.8 Å². The summed E-state index contributed by atoms with van der Waals surface area (Å²) >= 11 is 0. The summed E-state index contributed by atoms with van der Waals surface area (Å²) in [4.78, 5) is 20.9. The number of carbonyl (C=O) groups is 1. The van der Waals surface area contributed by atoms with Crippen LogP contribution in [0.4, 0.5) is 0 Å². The van der Waals surface area contributed by atoms with Gasteiger partial charge in [-0.25, -0.2) is 5.06 Å². The molecule has 3 atom stereocenters. The van der Waals surface area contributed by atoms with Crippen molar-refractivity contribution in [3.05, 3.63) is 24.2 Å². The molecule has 0 aromatic carbocycles. The van der Waals surface area contributed by atoms with Gasteiger partial charge >= 0.3 is 0 Å². The Hall–Kier alpha value is -1.37. The van der Waals surface area contributed by atoms with E-state index in [9.17, 15) is 4.79 Å². The minimum atomic E-state index is 0.0150. The average molecular weight is 334 g/mol. The Balaban J connectivity index is 1.43. The second-order valence-electron chi connectivity index (χ2n) is 7.05. The van der Waals surface area contributed by atoms with E-state index in [0.29, 0.717) is 13.2 Å². The van der Waals surface area contributed by atoms with E-state index in [1.165, 1.54) is 0 Å². The van der Waals surface area contributed by atoms with E-state index in [1.807, 2.05) is 12.1 Å². The molecule has 3 fully saturated rings. The Labute approximate surface area is 142 Å². The van der Waals surface area contributed by atoms with Crippen molar-refractivity contribution < 1.29 is 18.8 Å². The molecule has 3 aliphatic heterocycles. The highest BCUT2D eigenvalue weighted by Crippen LogP contribution is 2.35. The Kier molecular flexibility index (Phi) is 4.87. The lowest BCUT2D eigenvalue weighted by Crippen LogP contribution is -2.54. The summed E-state index contributed by atoms with van der Waals surface area (Å²) in [5, 5.41) is 1.61. The van der Waals surface area contributed by atoms with Gasteiger partial charge in [0.2, 0.25) is 5.91 Å². The number of amides is 1. The largest absolute Gasteiger partial charge is 0.468 e. The lowest BCUT2D eigenvalue weighted by Gasteiger charge is -2.45. The van der Waals surface area contributed by atoms with Gasteiger partial charge in [0.05, 0.1) is 25.5 Å². The maximum absolute atomic E-state index is 12.9. The molecular weight excluding hydrogens is 308 g/mol. The first kappa shape index (κ1) is 16.1. The molecule has 1 aromatic heterocycles. The van der Waals surface area contributed by atoms with Gasteiger partial charge in [0, 0.05) is 38.1 Å². The molecule has 0 aliphatic carbocycles. The first-order valence-corrected chi connectivity index (χ1v) is 9.12. The highest BCUT2D eigenvalue weighted by Gasteiger charge is 2.43. The third-order valence-electron chi connectivity index (χ3n) is 5.48. The van der Waals surface area contributed by atoms with Crippen molar-refractivity contribution in [2.24, 2.45) is 11.8 Å². The summed E-state index contributed by atoms with van der Waals surface area (Å²) in [6.07, 6.45) is 5.77. The normalized spacial score (nSPS) is 31.7. The van der Waals surface area contributed by atoms with Gasteiger partial charge in [0.1, 0.15) is 5.76 Å². The minimum absolute atomic E-state index is 0.0150. The number of piperidine rings is 1. The van der Waals surface area contributed by atoms with Crippen molar-refractivity contribution in [1.29, 1.82) is 0 Å². The minimum Gasteiger partial charge on any atom is -0.468 e. The highest BCUT2D eigenvalue weighted by molar-refractivity contribution is 5.78.